The largest absolute Gasteiger partial charge is 0.497 e. The number of pyridine rings is 1. The lowest BCUT2D eigenvalue weighted by atomic mass is 10.1. The fraction of sp³-hybridized carbons (Fsp3) is 0.174. The van der Waals surface area contributed by atoms with Gasteiger partial charge < -0.3 is 10.1 Å². The first-order chi connectivity index (χ1) is 14.5. The summed E-state index contributed by atoms with van der Waals surface area (Å²) in [7, 11) is 1.57. The molecule has 4 rings (SSSR count). The third-order valence-electron chi connectivity index (χ3n) is 4.95. The second-order valence-corrected chi connectivity index (χ2v) is 7.06. The van der Waals surface area contributed by atoms with Crippen LogP contribution in [-0.4, -0.2) is 27.4 Å². The van der Waals surface area contributed by atoms with Crippen molar-refractivity contribution in [3.05, 3.63) is 82.3 Å². The molecule has 2 aromatic heterocycles. The molecule has 0 aliphatic heterocycles. The summed E-state index contributed by atoms with van der Waals surface area (Å²) < 4.78 is 8.38. The summed E-state index contributed by atoms with van der Waals surface area (Å²) in [6.07, 6.45) is 0. The van der Waals surface area contributed by atoms with Gasteiger partial charge in [0.15, 0.2) is 0 Å². The number of amides is 1. The lowest BCUT2D eigenvalue weighted by Gasteiger charge is -2.13. The molecule has 0 bridgehead atoms. The third-order valence-corrected chi connectivity index (χ3v) is 4.95. The molecule has 0 atom stereocenters. The molecular formula is C23H22N4O3. The minimum Gasteiger partial charge on any atom is -0.497 e. The topological polar surface area (TPSA) is 78.2 Å². The average molecular weight is 402 g/mol. The van der Waals surface area contributed by atoms with Gasteiger partial charge in [-0.15, -0.1) is 0 Å². The van der Waals surface area contributed by atoms with E-state index >= 15 is 0 Å². The van der Waals surface area contributed by atoms with Crippen molar-refractivity contribution in [1.82, 2.24) is 14.3 Å². The predicted molar refractivity (Wildman–Crippen MR) is 116 cm³/mol. The molecule has 0 aliphatic rings. The normalized spacial score (nSPS) is 10.9. The molecule has 30 heavy (non-hydrogen) atoms. The molecule has 0 saturated heterocycles. The number of anilines is 1. The summed E-state index contributed by atoms with van der Waals surface area (Å²) in [5, 5.41) is 8.34. The predicted octanol–water partition coefficient (Wildman–Crippen LogP) is 3.45. The van der Waals surface area contributed by atoms with Crippen molar-refractivity contribution in [2.75, 3.05) is 12.4 Å². The number of para-hydroxylation sites is 1. The molecule has 0 spiro atoms. The van der Waals surface area contributed by atoms with Crippen LogP contribution in [0.1, 0.15) is 11.3 Å². The molecule has 152 valence electrons. The highest BCUT2D eigenvalue weighted by molar-refractivity contribution is 5.92. The molecule has 0 aliphatic carbocycles. The van der Waals surface area contributed by atoms with Crippen LogP contribution in [0, 0.1) is 13.8 Å². The van der Waals surface area contributed by atoms with Gasteiger partial charge in [-0.2, -0.15) is 5.10 Å². The van der Waals surface area contributed by atoms with E-state index in [1.165, 1.54) is 4.57 Å². The number of aromatic nitrogens is 3. The fourth-order valence-electron chi connectivity index (χ4n) is 3.61. The molecule has 7 nitrogen and oxygen atoms in total. The van der Waals surface area contributed by atoms with E-state index in [4.69, 9.17) is 4.74 Å². The molecule has 7 heteroatoms. The lowest BCUT2D eigenvalue weighted by molar-refractivity contribution is -0.116. The monoisotopic (exact) mass is 402 g/mol. The highest BCUT2D eigenvalue weighted by Gasteiger charge is 2.18. The Morgan fingerprint density at radius 1 is 1.07 bits per heavy atom. The van der Waals surface area contributed by atoms with Crippen molar-refractivity contribution in [1.29, 1.82) is 0 Å². The quantitative estimate of drug-likeness (QED) is 0.555. The van der Waals surface area contributed by atoms with Crippen molar-refractivity contribution < 1.29 is 9.53 Å². The van der Waals surface area contributed by atoms with E-state index in [1.54, 1.807) is 42.1 Å². The Labute approximate surface area is 173 Å². The first-order valence-electron chi connectivity index (χ1n) is 9.57. The van der Waals surface area contributed by atoms with E-state index in [1.807, 2.05) is 44.2 Å². The number of carbonyl (C=O) groups excluding carboxylic acids is 1. The van der Waals surface area contributed by atoms with Crippen LogP contribution < -0.4 is 15.6 Å². The molecule has 1 N–H and O–H groups in total. The van der Waals surface area contributed by atoms with E-state index in [0.717, 1.165) is 22.3 Å². The van der Waals surface area contributed by atoms with Gasteiger partial charge >= 0.3 is 0 Å². The Balaban J connectivity index is 1.78. The van der Waals surface area contributed by atoms with Crippen LogP contribution in [0.25, 0.3) is 16.7 Å². The molecule has 0 fully saturated rings. The Hall–Kier alpha value is -3.87. The van der Waals surface area contributed by atoms with E-state index in [2.05, 4.69) is 10.4 Å². The summed E-state index contributed by atoms with van der Waals surface area (Å²) in [6.45, 7) is 3.65. The van der Waals surface area contributed by atoms with E-state index < -0.39 is 0 Å². The standard InChI is InChI=1S/C23H22N4O3/c1-15-12-21(29)26(14-20(28)24-17-8-7-11-19(13-17)30-3)23-22(15)16(2)25-27(23)18-9-5-4-6-10-18/h4-13H,14H2,1-3H3,(H,24,28). The summed E-state index contributed by atoms with van der Waals surface area (Å²) in [6, 6.07) is 18.2. The second-order valence-electron chi connectivity index (χ2n) is 7.06. The molecule has 0 unspecified atom stereocenters. The zero-order chi connectivity index (χ0) is 21.3. The van der Waals surface area contributed by atoms with Gasteiger partial charge in [0, 0.05) is 23.2 Å². The summed E-state index contributed by atoms with van der Waals surface area (Å²) >= 11 is 0. The number of methoxy groups -OCH3 is 1. The van der Waals surface area contributed by atoms with Crippen LogP contribution >= 0.6 is 0 Å². The number of ether oxygens (including phenoxy) is 1. The van der Waals surface area contributed by atoms with Gasteiger partial charge in [-0.05, 0) is 43.7 Å². The number of benzene rings is 2. The average Bonchev–Trinajstić information content (AvgIpc) is 3.09. The van der Waals surface area contributed by atoms with Crippen LogP contribution in [0.15, 0.2) is 65.5 Å². The SMILES string of the molecule is COc1cccc(NC(=O)Cn2c(=O)cc(C)c3c(C)nn(-c4ccccc4)c32)c1. The Morgan fingerprint density at radius 3 is 2.57 bits per heavy atom. The van der Waals surface area contributed by atoms with E-state index in [0.29, 0.717) is 17.1 Å². The van der Waals surface area contributed by atoms with Crippen molar-refractivity contribution >= 4 is 22.6 Å². The van der Waals surface area contributed by atoms with Crippen LogP contribution in [0.2, 0.25) is 0 Å². The van der Waals surface area contributed by atoms with Crippen LogP contribution in [0.5, 0.6) is 5.75 Å². The van der Waals surface area contributed by atoms with Gasteiger partial charge in [-0.25, -0.2) is 4.68 Å². The lowest BCUT2D eigenvalue weighted by Crippen LogP contribution is -2.29. The number of nitrogens with one attached hydrogen (secondary N) is 1. The summed E-state index contributed by atoms with van der Waals surface area (Å²) in [5.41, 5.74) is 3.40. The Morgan fingerprint density at radius 2 is 1.83 bits per heavy atom. The third kappa shape index (κ3) is 3.57. The number of hydrogen-bond donors (Lipinski definition) is 1. The minimum absolute atomic E-state index is 0.134. The van der Waals surface area contributed by atoms with Crippen molar-refractivity contribution in [3.8, 4) is 11.4 Å². The van der Waals surface area contributed by atoms with Crippen LogP contribution in [0.3, 0.4) is 0 Å². The number of fused-ring (bicyclic) bond motifs is 1. The second kappa shape index (κ2) is 7.87. The molecule has 4 aromatic rings. The van der Waals surface area contributed by atoms with Gasteiger partial charge in [0.2, 0.25) is 5.91 Å². The number of carbonyl (C=O) groups is 1. The minimum atomic E-state index is -0.311. The maximum absolute atomic E-state index is 12.9. The van der Waals surface area contributed by atoms with Crippen molar-refractivity contribution in [3.63, 3.8) is 0 Å². The molecule has 0 radical (unpaired) electrons. The van der Waals surface area contributed by atoms with Gasteiger partial charge in [0.25, 0.3) is 5.56 Å². The van der Waals surface area contributed by atoms with Crippen LogP contribution in [0.4, 0.5) is 5.69 Å². The maximum atomic E-state index is 12.9. The highest BCUT2D eigenvalue weighted by atomic mass is 16.5. The van der Waals surface area contributed by atoms with Crippen molar-refractivity contribution in [2.45, 2.75) is 20.4 Å². The zero-order valence-electron chi connectivity index (χ0n) is 17.0. The fourth-order valence-corrected chi connectivity index (χ4v) is 3.61. The van der Waals surface area contributed by atoms with Gasteiger partial charge in [0.05, 0.1) is 18.5 Å². The number of aryl methyl sites for hydroxylation is 2. The first-order valence-corrected chi connectivity index (χ1v) is 9.57. The smallest absolute Gasteiger partial charge is 0.252 e. The molecular weight excluding hydrogens is 380 g/mol. The molecule has 1 amide bonds. The Bertz CT molecular complexity index is 1290. The maximum Gasteiger partial charge on any atom is 0.252 e. The van der Waals surface area contributed by atoms with Crippen LogP contribution in [-0.2, 0) is 11.3 Å². The summed E-state index contributed by atoms with van der Waals surface area (Å²) in [5.74, 6) is 0.328. The first kappa shape index (κ1) is 19.4. The van der Waals surface area contributed by atoms with Gasteiger partial charge in [-0.1, -0.05) is 24.3 Å². The number of nitrogens with zero attached hydrogens (tertiary/aromatic N) is 3. The molecule has 0 saturated carbocycles. The molecule has 2 aromatic carbocycles. The number of hydrogen-bond acceptors (Lipinski definition) is 4. The molecule has 2 heterocycles. The highest BCUT2D eigenvalue weighted by Crippen LogP contribution is 2.24. The zero-order valence-corrected chi connectivity index (χ0v) is 17.0. The number of rotatable bonds is 5. The van der Waals surface area contributed by atoms with E-state index in [-0.39, 0.29) is 18.0 Å². The van der Waals surface area contributed by atoms with Gasteiger partial charge in [-0.3, -0.25) is 14.2 Å². The van der Waals surface area contributed by atoms with Crippen molar-refractivity contribution in [2.24, 2.45) is 0 Å². The van der Waals surface area contributed by atoms with Gasteiger partial charge in [0.1, 0.15) is 17.9 Å². The summed E-state index contributed by atoms with van der Waals surface area (Å²) in [4.78, 5) is 25.6. The Kier molecular flexibility index (Phi) is 5.10. The van der Waals surface area contributed by atoms with E-state index in [9.17, 15) is 9.59 Å².